The minimum Gasteiger partial charge on any atom is -0.330 e. The van der Waals surface area contributed by atoms with Crippen LogP contribution in [-0.4, -0.2) is 27.6 Å². The van der Waals surface area contributed by atoms with Gasteiger partial charge in [0.25, 0.3) is 0 Å². The number of carbonyl (C=O) groups excluding carboxylic acids is 2. The maximum atomic E-state index is 12.2. The Labute approximate surface area is 165 Å². The molecule has 0 atom stereocenters. The highest BCUT2D eigenvalue weighted by atomic mass is 32.2. The molecule has 0 bridgehead atoms. The number of hydrogen-bond donors (Lipinski definition) is 2. The molecule has 2 N–H and O–H groups in total. The molecule has 3 rings (SSSR count). The first-order valence-electron chi connectivity index (χ1n) is 8.20. The van der Waals surface area contributed by atoms with Gasteiger partial charge < -0.3 is 10.6 Å². The fourth-order valence-corrected chi connectivity index (χ4v) is 3.94. The third-order valence-electron chi connectivity index (χ3n) is 3.54. The van der Waals surface area contributed by atoms with Gasteiger partial charge in [0.05, 0.1) is 5.75 Å². The van der Waals surface area contributed by atoms with Crippen molar-refractivity contribution in [2.24, 2.45) is 0 Å². The first-order valence-corrected chi connectivity index (χ1v) is 10.0. The van der Waals surface area contributed by atoms with Gasteiger partial charge in [-0.1, -0.05) is 59.0 Å². The predicted molar refractivity (Wildman–Crippen MR) is 110 cm³/mol. The lowest BCUT2D eigenvalue weighted by Crippen LogP contribution is -2.05. The Morgan fingerprint density at radius 2 is 1.81 bits per heavy atom. The minimum absolute atomic E-state index is 0.0627. The molecule has 1 aromatic heterocycles. The van der Waals surface area contributed by atoms with Crippen molar-refractivity contribution in [1.82, 2.24) is 10.2 Å². The number of amides is 1. The summed E-state index contributed by atoms with van der Waals surface area (Å²) in [7, 11) is 0. The van der Waals surface area contributed by atoms with Crippen LogP contribution in [0.2, 0.25) is 0 Å². The number of Topliss-reactive ketones (excluding diaryl/α,β-unsaturated/α-hetero) is 1. The summed E-state index contributed by atoms with van der Waals surface area (Å²) < 4.78 is 0.718. The third kappa shape index (κ3) is 5.63. The van der Waals surface area contributed by atoms with Crippen molar-refractivity contribution in [2.75, 3.05) is 16.4 Å². The molecule has 0 aliphatic carbocycles. The van der Waals surface area contributed by atoms with Gasteiger partial charge in [-0.15, -0.1) is 10.2 Å². The second-order valence-electron chi connectivity index (χ2n) is 5.84. The lowest BCUT2D eigenvalue weighted by atomic mass is 10.1. The zero-order chi connectivity index (χ0) is 19.2. The molecule has 0 saturated carbocycles. The monoisotopic (exact) mass is 398 g/mol. The molecular formula is C19H18N4O2S2. The number of hydrogen-bond acceptors (Lipinski definition) is 7. The van der Waals surface area contributed by atoms with Crippen LogP contribution in [0.1, 0.15) is 22.8 Å². The topological polar surface area (TPSA) is 84.0 Å². The van der Waals surface area contributed by atoms with Crippen LogP contribution in [0.3, 0.4) is 0 Å². The molecule has 0 radical (unpaired) electrons. The molecule has 0 spiro atoms. The van der Waals surface area contributed by atoms with Crippen LogP contribution in [-0.2, 0) is 4.79 Å². The normalized spacial score (nSPS) is 10.4. The van der Waals surface area contributed by atoms with E-state index in [9.17, 15) is 9.59 Å². The maximum absolute atomic E-state index is 12.2. The number of nitrogens with one attached hydrogen (secondary N) is 2. The van der Waals surface area contributed by atoms with Gasteiger partial charge in [0.2, 0.25) is 11.0 Å². The Balaban J connectivity index is 1.57. The number of nitrogens with zero attached hydrogens (tertiary/aromatic N) is 2. The summed E-state index contributed by atoms with van der Waals surface area (Å²) in [5.74, 6) is 0.253. The smallest absolute Gasteiger partial charge is 0.221 e. The summed E-state index contributed by atoms with van der Waals surface area (Å²) in [6, 6.07) is 14.9. The van der Waals surface area contributed by atoms with E-state index in [1.807, 2.05) is 55.5 Å². The van der Waals surface area contributed by atoms with Crippen LogP contribution in [0.15, 0.2) is 52.9 Å². The molecule has 2 aromatic carbocycles. The quantitative estimate of drug-likeness (QED) is 0.450. The Morgan fingerprint density at radius 1 is 1.07 bits per heavy atom. The van der Waals surface area contributed by atoms with Crippen molar-refractivity contribution in [3.8, 4) is 0 Å². The molecule has 1 amide bonds. The Hall–Kier alpha value is -2.71. The van der Waals surface area contributed by atoms with E-state index in [0.29, 0.717) is 22.1 Å². The van der Waals surface area contributed by atoms with Gasteiger partial charge in [0, 0.05) is 23.9 Å². The average Bonchev–Trinajstić information content (AvgIpc) is 3.07. The van der Waals surface area contributed by atoms with E-state index in [0.717, 1.165) is 15.6 Å². The summed E-state index contributed by atoms with van der Waals surface area (Å²) in [6.07, 6.45) is 0. The number of aromatic nitrogens is 2. The van der Waals surface area contributed by atoms with Crippen LogP contribution in [0.4, 0.5) is 16.5 Å². The minimum atomic E-state index is -0.125. The lowest BCUT2D eigenvalue weighted by Gasteiger charge is -2.05. The highest BCUT2D eigenvalue weighted by Gasteiger charge is 2.10. The van der Waals surface area contributed by atoms with E-state index in [1.165, 1.54) is 30.0 Å². The summed E-state index contributed by atoms with van der Waals surface area (Å²) in [5.41, 5.74) is 3.33. The Morgan fingerprint density at radius 3 is 2.56 bits per heavy atom. The van der Waals surface area contributed by atoms with Crippen molar-refractivity contribution in [3.05, 3.63) is 59.7 Å². The van der Waals surface area contributed by atoms with Crippen molar-refractivity contribution in [2.45, 2.75) is 18.2 Å². The van der Waals surface area contributed by atoms with Gasteiger partial charge in [-0.05, 0) is 25.1 Å². The largest absolute Gasteiger partial charge is 0.330 e. The molecule has 0 aliphatic rings. The van der Waals surface area contributed by atoms with Gasteiger partial charge >= 0.3 is 0 Å². The summed E-state index contributed by atoms with van der Waals surface area (Å²) in [5, 5.41) is 14.7. The fourth-order valence-electron chi connectivity index (χ4n) is 2.27. The van der Waals surface area contributed by atoms with Gasteiger partial charge in [-0.2, -0.15) is 0 Å². The SMILES string of the molecule is CC(=O)Nc1cccc(Nc2nnc(SCC(=O)c3ccc(C)cc3)s2)c1. The molecule has 1 heterocycles. The summed E-state index contributed by atoms with van der Waals surface area (Å²) >= 11 is 2.75. The molecular weight excluding hydrogens is 380 g/mol. The predicted octanol–water partition coefficient (Wildman–Crippen LogP) is 4.52. The average molecular weight is 399 g/mol. The number of aryl methyl sites for hydroxylation is 1. The van der Waals surface area contributed by atoms with E-state index in [4.69, 9.17) is 0 Å². The summed E-state index contributed by atoms with van der Waals surface area (Å²) in [4.78, 5) is 23.4. The molecule has 6 nitrogen and oxygen atoms in total. The number of thioether (sulfide) groups is 1. The summed E-state index contributed by atoms with van der Waals surface area (Å²) in [6.45, 7) is 3.46. The second kappa shape index (κ2) is 8.79. The second-order valence-corrected chi connectivity index (χ2v) is 8.04. The van der Waals surface area contributed by atoms with Gasteiger partial charge in [0.1, 0.15) is 0 Å². The van der Waals surface area contributed by atoms with Crippen LogP contribution in [0.25, 0.3) is 0 Å². The molecule has 0 unspecified atom stereocenters. The third-order valence-corrected chi connectivity index (χ3v) is 5.51. The molecule has 27 heavy (non-hydrogen) atoms. The van der Waals surface area contributed by atoms with E-state index >= 15 is 0 Å². The highest BCUT2D eigenvalue weighted by molar-refractivity contribution is 8.01. The Bertz CT molecular complexity index is 954. The molecule has 3 aromatic rings. The first kappa shape index (κ1) is 19.1. The van der Waals surface area contributed by atoms with E-state index in [1.54, 1.807) is 0 Å². The van der Waals surface area contributed by atoms with Crippen molar-refractivity contribution >= 4 is 51.3 Å². The van der Waals surface area contributed by atoms with Crippen LogP contribution in [0, 0.1) is 6.92 Å². The van der Waals surface area contributed by atoms with Gasteiger partial charge in [-0.3, -0.25) is 9.59 Å². The van der Waals surface area contributed by atoms with Crippen LogP contribution < -0.4 is 10.6 Å². The zero-order valence-corrected chi connectivity index (χ0v) is 16.5. The maximum Gasteiger partial charge on any atom is 0.221 e. The van der Waals surface area contributed by atoms with E-state index in [2.05, 4.69) is 20.8 Å². The van der Waals surface area contributed by atoms with E-state index in [-0.39, 0.29) is 11.7 Å². The molecule has 8 heteroatoms. The zero-order valence-electron chi connectivity index (χ0n) is 14.9. The molecule has 0 aliphatic heterocycles. The van der Waals surface area contributed by atoms with Gasteiger partial charge in [-0.25, -0.2) is 0 Å². The lowest BCUT2D eigenvalue weighted by molar-refractivity contribution is -0.114. The number of benzene rings is 2. The number of ketones is 1. The van der Waals surface area contributed by atoms with E-state index < -0.39 is 0 Å². The first-order chi connectivity index (χ1) is 13.0. The molecule has 138 valence electrons. The standard InChI is InChI=1S/C19H18N4O2S2/c1-12-6-8-14(9-7-12)17(25)11-26-19-23-22-18(27-19)21-16-5-3-4-15(10-16)20-13(2)24/h3-10H,11H2,1-2H3,(H,20,24)(H,21,22). The number of rotatable bonds is 7. The Kier molecular flexibility index (Phi) is 6.20. The van der Waals surface area contributed by atoms with Crippen LogP contribution >= 0.6 is 23.1 Å². The number of carbonyl (C=O) groups is 2. The van der Waals surface area contributed by atoms with Crippen molar-refractivity contribution < 1.29 is 9.59 Å². The molecule has 0 saturated heterocycles. The van der Waals surface area contributed by atoms with Crippen molar-refractivity contribution in [1.29, 1.82) is 0 Å². The van der Waals surface area contributed by atoms with Gasteiger partial charge in [0.15, 0.2) is 10.1 Å². The molecule has 0 fully saturated rings. The van der Waals surface area contributed by atoms with Crippen LogP contribution in [0.5, 0.6) is 0 Å². The van der Waals surface area contributed by atoms with Crippen molar-refractivity contribution in [3.63, 3.8) is 0 Å². The fraction of sp³-hybridized carbons (Fsp3) is 0.158. The number of anilines is 3. The highest BCUT2D eigenvalue weighted by Crippen LogP contribution is 2.28.